The van der Waals surface area contributed by atoms with Gasteiger partial charge in [0.2, 0.25) is 0 Å². The van der Waals surface area contributed by atoms with Gasteiger partial charge in [-0.25, -0.2) is 0 Å². The van der Waals surface area contributed by atoms with Gasteiger partial charge in [-0.3, -0.25) is 9.59 Å². The van der Waals surface area contributed by atoms with Crippen LogP contribution in [0.1, 0.15) is 83.1 Å². The van der Waals surface area contributed by atoms with Gasteiger partial charge in [0.05, 0.1) is 0 Å². The van der Waals surface area contributed by atoms with Crippen LogP contribution >= 0.6 is 0 Å². The van der Waals surface area contributed by atoms with Gasteiger partial charge in [0.1, 0.15) is 11.6 Å². The first-order valence-corrected chi connectivity index (χ1v) is 9.64. The minimum Gasteiger partial charge on any atom is -0.298 e. The fourth-order valence-electron chi connectivity index (χ4n) is 6.98. The molecule has 0 heterocycles. The Hall–Kier alpha value is -0.920. The van der Waals surface area contributed by atoms with Crippen LogP contribution in [-0.4, -0.2) is 11.6 Å². The Balaban J connectivity index is 2.89. The molecule has 0 radical (unpaired) electrons. The van der Waals surface area contributed by atoms with E-state index in [1.165, 1.54) is 11.1 Å². The van der Waals surface area contributed by atoms with Gasteiger partial charge >= 0.3 is 0 Å². The molecule has 0 amide bonds. The SMILES string of the molecule is CC1=C(C)C2C(C)(C)C1C(C)(C(=O)C(C)(C)C)C2(C)C(=O)C(C)(C)C. The number of hydrogen-bond acceptors (Lipinski definition) is 2. The maximum Gasteiger partial charge on any atom is 0.145 e. The van der Waals surface area contributed by atoms with Crippen LogP contribution in [0.3, 0.4) is 0 Å². The average Bonchev–Trinajstić information content (AvgIpc) is 2.67. The van der Waals surface area contributed by atoms with Gasteiger partial charge in [0, 0.05) is 21.7 Å². The number of allylic oxidation sites excluding steroid dienone is 2. The molecule has 0 saturated heterocycles. The second-order valence-corrected chi connectivity index (χ2v) is 11.6. The van der Waals surface area contributed by atoms with Crippen molar-refractivity contribution in [1.82, 2.24) is 0 Å². The van der Waals surface area contributed by atoms with Gasteiger partial charge in [-0.05, 0) is 31.1 Å². The molecule has 4 unspecified atom stereocenters. The van der Waals surface area contributed by atoms with Crippen molar-refractivity contribution in [2.24, 2.45) is 38.9 Å². The highest BCUT2D eigenvalue weighted by molar-refractivity contribution is 6.01. The van der Waals surface area contributed by atoms with Gasteiger partial charge in [-0.1, -0.05) is 80.4 Å². The molecule has 142 valence electrons. The van der Waals surface area contributed by atoms with Crippen molar-refractivity contribution >= 4 is 11.6 Å². The van der Waals surface area contributed by atoms with Crippen molar-refractivity contribution in [2.45, 2.75) is 83.1 Å². The van der Waals surface area contributed by atoms with Crippen LogP contribution in [0.4, 0.5) is 0 Å². The molecule has 0 N–H and O–H groups in total. The summed E-state index contributed by atoms with van der Waals surface area (Å²) in [6, 6.07) is 0. The van der Waals surface area contributed by atoms with Crippen molar-refractivity contribution in [3.63, 3.8) is 0 Å². The van der Waals surface area contributed by atoms with Crippen molar-refractivity contribution in [1.29, 1.82) is 0 Å². The van der Waals surface area contributed by atoms with E-state index in [4.69, 9.17) is 0 Å². The summed E-state index contributed by atoms with van der Waals surface area (Å²) in [5.74, 6) is 0.695. The van der Waals surface area contributed by atoms with Crippen LogP contribution in [0.5, 0.6) is 0 Å². The van der Waals surface area contributed by atoms with E-state index in [1.807, 2.05) is 41.5 Å². The lowest BCUT2D eigenvalue weighted by Crippen LogP contribution is -2.58. The third-order valence-electron chi connectivity index (χ3n) is 7.52. The summed E-state index contributed by atoms with van der Waals surface area (Å²) in [7, 11) is 0. The van der Waals surface area contributed by atoms with Crippen molar-refractivity contribution in [3.05, 3.63) is 11.1 Å². The zero-order valence-corrected chi connectivity index (χ0v) is 18.5. The molecule has 0 aromatic carbocycles. The number of ketones is 2. The predicted molar refractivity (Wildman–Crippen MR) is 104 cm³/mol. The number of carbonyl (C=O) groups is 2. The molecule has 2 bridgehead atoms. The standard InChI is InChI=1S/C23H38O2/c1-13-14(2)16-21(9,10)15(13)22(11,17(24)19(3,4)5)23(16,12)18(25)20(6,7)8/h15-16H,1-12H3. The van der Waals surface area contributed by atoms with E-state index in [1.54, 1.807) is 0 Å². The first kappa shape index (κ1) is 20.4. The molecule has 1 saturated carbocycles. The number of fused-ring (bicyclic) bond motifs is 2. The third-order valence-corrected chi connectivity index (χ3v) is 7.52. The van der Waals surface area contributed by atoms with E-state index >= 15 is 0 Å². The van der Waals surface area contributed by atoms with Gasteiger partial charge in [-0.2, -0.15) is 0 Å². The van der Waals surface area contributed by atoms with Crippen LogP contribution in [0.25, 0.3) is 0 Å². The zero-order valence-electron chi connectivity index (χ0n) is 18.5. The Morgan fingerprint density at radius 3 is 1.12 bits per heavy atom. The average molecular weight is 347 g/mol. The second kappa shape index (κ2) is 5.08. The maximum atomic E-state index is 13.8. The predicted octanol–water partition coefficient (Wildman–Crippen LogP) is 5.85. The smallest absolute Gasteiger partial charge is 0.145 e. The Bertz CT molecular complexity index is 609. The lowest BCUT2D eigenvalue weighted by Gasteiger charge is -2.52. The van der Waals surface area contributed by atoms with E-state index < -0.39 is 21.7 Å². The van der Waals surface area contributed by atoms with E-state index in [0.717, 1.165) is 0 Å². The van der Waals surface area contributed by atoms with E-state index in [0.29, 0.717) is 0 Å². The molecule has 2 rings (SSSR count). The van der Waals surface area contributed by atoms with Crippen LogP contribution in [-0.2, 0) is 9.59 Å². The van der Waals surface area contributed by atoms with Gasteiger partial charge in [-0.15, -0.1) is 0 Å². The van der Waals surface area contributed by atoms with Gasteiger partial charge in [0.25, 0.3) is 0 Å². The summed E-state index contributed by atoms with van der Waals surface area (Å²) in [4.78, 5) is 27.6. The molecule has 2 aliphatic carbocycles. The van der Waals surface area contributed by atoms with Crippen LogP contribution in [0.15, 0.2) is 11.1 Å². The van der Waals surface area contributed by atoms with Crippen LogP contribution < -0.4 is 0 Å². The Kier molecular flexibility index (Phi) is 4.14. The van der Waals surface area contributed by atoms with E-state index in [2.05, 4.69) is 41.5 Å². The van der Waals surface area contributed by atoms with Crippen molar-refractivity contribution in [3.8, 4) is 0 Å². The molecule has 4 atom stereocenters. The molecule has 1 fully saturated rings. The highest BCUT2D eigenvalue weighted by Crippen LogP contribution is 2.77. The van der Waals surface area contributed by atoms with Crippen LogP contribution in [0, 0.1) is 38.9 Å². The molecule has 25 heavy (non-hydrogen) atoms. The first-order valence-electron chi connectivity index (χ1n) is 9.64. The summed E-state index contributed by atoms with van der Waals surface area (Å²) >= 11 is 0. The third kappa shape index (κ3) is 2.21. The molecule has 2 aliphatic rings. The molecule has 0 spiro atoms. The number of Topliss-reactive ketones (excluding diaryl/α,β-unsaturated/α-hetero) is 2. The summed E-state index contributed by atoms with van der Waals surface area (Å²) < 4.78 is 0. The number of rotatable bonds is 2. The van der Waals surface area contributed by atoms with E-state index in [-0.39, 0.29) is 28.8 Å². The molecule has 2 nitrogen and oxygen atoms in total. The second-order valence-electron chi connectivity index (χ2n) is 11.6. The summed E-state index contributed by atoms with van der Waals surface area (Å²) in [6.45, 7) is 25.0. The zero-order chi connectivity index (χ0) is 20.0. The number of carbonyl (C=O) groups excluding carboxylic acids is 2. The fourth-order valence-corrected chi connectivity index (χ4v) is 6.98. The highest BCUT2D eigenvalue weighted by atomic mass is 16.1. The summed E-state index contributed by atoms with van der Waals surface area (Å²) in [5.41, 5.74) is 0.287. The number of hydrogen-bond donors (Lipinski definition) is 0. The van der Waals surface area contributed by atoms with Gasteiger partial charge in [0.15, 0.2) is 0 Å². The van der Waals surface area contributed by atoms with E-state index in [9.17, 15) is 9.59 Å². The van der Waals surface area contributed by atoms with Crippen molar-refractivity contribution < 1.29 is 9.59 Å². The summed E-state index contributed by atoms with van der Waals surface area (Å²) in [6.07, 6.45) is 0. The minimum absolute atomic E-state index is 0.0838. The normalized spacial score (nSPS) is 37.6. The lowest BCUT2D eigenvalue weighted by atomic mass is 9.48. The Morgan fingerprint density at radius 2 is 0.920 bits per heavy atom. The van der Waals surface area contributed by atoms with Crippen LogP contribution in [0.2, 0.25) is 0 Å². The first-order chi connectivity index (χ1) is 10.9. The molecule has 0 aliphatic heterocycles. The molecule has 0 aromatic heterocycles. The van der Waals surface area contributed by atoms with Crippen molar-refractivity contribution in [2.75, 3.05) is 0 Å². The fraction of sp³-hybridized carbons (Fsp3) is 0.826. The Labute approximate surface area is 154 Å². The monoisotopic (exact) mass is 346 g/mol. The topological polar surface area (TPSA) is 34.1 Å². The maximum absolute atomic E-state index is 13.8. The lowest BCUT2D eigenvalue weighted by molar-refractivity contribution is -0.158. The molecule has 2 heteroatoms. The molecular weight excluding hydrogens is 308 g/mol. The molecule has 0 aromatic rings. The molecular formula is C23H38O2. The van der Waals surface area contributed by atoms with Gasteiger partial charge < -0.3 is 0 Å². The quantitative estimate of drug-likeness (QED) is 0.588. The highest BCUT2D eigenvalue weighted by Gasteiger charge is 2.77. The minimum atomic E-state index is -0.673. The Morgan fingerprint density at radius 1 is 0.680 bits per heavy atom. The largest absolute Gasteiger partial charge is 0.298 e. The summed E-state index contributed by atoms with van der Waals surface area (Å²) in [5, 5.41) is 0.